The quantitative estimate of drug-likeness (QED) is 0.611. The number of fused-ring (bicyclic) bond motifs is 1. The van der Waals surface area contributed by atoms with Gasteiger partial charge in [0.05, 0.1) is 6.54 Å². The predicted molar refractivity (Wildman–Crippen MR) is 115 cm³/mol. The average molecular weight is 462 g/mol. The fraction of sp³-hybridized carbons (Fsp3) is 0.333. The van der Waals surface area contributed by atoms with Crippen LogP contribution in [0.25, 0.3) is 0 Å². The second-order valence-corrected chi connectivity index (χ2v) is 8.41. The Balaban J connectivity index is 1.47. The summed E-state index contributed by atoms with van der Waals surface area (Å²) in [4.78, 5) is 24.2. The van der Waals surface area contributed by atoms with Crippen LogP contribution in [0.5, 0.6) is 11.5 Å². The van der Waals surface area contributed by atoms with E-state index >= 15 is 0 Å². The third-order valence-electron chi connectivity index (χ3n) is 4.72. The first kappa shape index (κ1) is 21.0. The maximum atomic E-state index is 12.1. The first-order valence-corrected chi connectivity index (χ1v) is 10.0. The van der Waals surface area contributed by atoms with Crippen molar-refractivity contribution in [2.24, 2.45) is 0 Å². The second-order valence-electron chi connectivity index (χ2n) is 7.50. The number of hydrogen-bond donors (Lipinski definition) is 3. The lowest BCUT2D eigenvalue weighted by Gasteiger charge is -2.26. The summed E-state index contributed by atoms with van der Waals surface area (Å²) in [6.07, 6.45) is 0. The Bertz CT molecular complexity index is 930. The van der Waals surface area contributed by atoms with Crippen molar-refractivity contribution in [2.45, 2.75) is 26.2 Å². The number of amides is 3. The van der Waals surface area contributed by atoms with Gasteiger partial charge in [-0.25, -0.2) is 4.79 Å². The lowest BCUT2D eigenvalue weighted by Crippen LogP contribution is -2.44. The van der Waals surface area contributed by atoms with Crippen molar-refractivity contribution < 1.29 is 19.1 Å². The summed E-state index contributed by atoms with van der Waals surface area (Å²) >= 11 is 3.39. The number of hydrogen-bond acceptors (Lipinski definition) is 4. The molecule has 154 valence electrons. The molecular weight excluding hydrogens is 438 g/mol. The number of carbonyl (C=O) groups excluding carboxylic acids is 2. The molecular formula is C21H24BrN3O4. The van der Waals surface area contributed by atoms with Crippen LogP contribution in [0, 0.1) is 6.92 Å². The number of carbonyl (C=O) groups is 2. The Morgan fingerprint density at radius 2 is 1.83 bits per heavy atom. The van der Waals surface area contributed by atoms with E-state index in [1.807, 2.05) is 57.2 Å². The number of urea groups is 1. The number of rotatable bonds is 6. The Hall–Kier alpha value is -2.74. The van der Waals surface area contributed by atoms with Crippen molar-refractivity contribution in [1.82, 2.24) is 10.6 Å². The smallest absolute Gasteiger partial charge is 0.315 e. The van der Waals surface area contributed by atoms with Crippen LogP contribution in [0.4, 0.5) is 10.5 Å². The predicted octanol–water partition coefficient (Wildman–Crippen LogP) is 3.70. The van der Waals surface area contributed by atoms with Crippen molar-refractivity contribution in [3.63, 3.8) is 0 Å². The molecule has 29 heavy (non-hydrogen) atoms. The minimum Gasteiger partial charge on any atom is -0.454 e. The molecule has 0 radical (unpaired) electrons. The molecule has 0 aromatic heterocycles. The lowest BCUT2D eigenvalue weighted by molar-refractivity contribution is -0.115. The van der Waals surface area contributed by atoms with Crippen molar-refractivity contribution >= 4 is 33.6 Å². The van der Waals surface area contributed by atoms with Crippen LogP contribution < -0.4 is 25.4 Å². The SMILES string of the molecule is Cc1cc(Br)ccc1NC(=O)CNC(=O)NCC(C)(C)c1ccc2c(c1)OCO2. The minimum atomic E-state index is -0.401. The van der Waals surface area contributed by atoms with E-state index in [-0.39, 0.29) is 24.7 Å². The summed E-state index contributed by atoms with van der Waals surface area (Å²) in [5.74, 6) is 1.14. The zero-order chi connectivity index (χ0) is 21.0. The molecule has 0 bridgehead atoms. The lowest BCUT2D eigenvalue weighted by atomic mass is 9.84. The van der Waals surface area contributed by atoms with Crippen LogP contribution in [0.15, 0.2) is 40.9 Å². The first-order chi connectivity index (χ1) is 13.7. The Morgan fingerprint density at radius 1 is 1.07 bits per heavy atom. The molecule has 7 nitrogen and oxygen atoms in total. The number of halogens is 1. The van der Waals surface area contributed by atoms with E-state index in [1.54, 1.807) is 0 Å². The monoisotopic (exact) mass is 461 g/mol. The molecule has 0 saturated heterocycles. The van der Waals surface area contributed by atoms with Crippen molar-refractivity contribution in [3.8, 4) is 11.5 Å². The van der Waals surface area contributed by atoms with E-state index in [2.05, 4.69) is 31.9 Å². The fourth-order valence-electron chi connectivity index (χ4n) is 2.91. The highest BCUT2D eigenvalue weighted by Gasteiger charge is 2.24. The minimum absolute atomic E-state index is 0.119. The molecule has 8 heteroatoms. The molecule has 1 aliphatic heterocycles. The summed E-state index contributed by atoms with van der Waals surface area (Å²) < 4.78 is 11.7. The largest absolute Gasteiger partial charge is 0.454 e. The Morgan fingerprint density at radius 3 is 2.59 bits per heavy atom. The molecule has 0 unspecified atom stereocenters. The van der Waals surface area contributed by atoms with Gasteiger partial charge in [0.25, 0.3) is 0 Å². The summed E-state index contributed by atoms with van der Waals surface area (Å²) in [5, 5.41) is 8.19. The number of ether oxygens (including phenoxy) is 2. The third kappa shape index (κ3) is 5.41. The van der Waals surface area contributed by atoms with Gasteiger partial charge in [-0.05, 0) is 48.4 Å². The molecule has 0 saturated carbocycles. The van der Waals surface area contributed by atoms with Gasteiger partial charge < -0.3 is 25.4 Å². The molecule has 0 aliphatic carbocycles. The van der Waals surface area contributed by atoms with E-state index in [9.17, 15) is 9.59 Å². The molecule has 3 rings (SSSR count). The van der Waals surface area contributed by atoms with E-state index in [0.29, 0.717) is 18.0 Å². The highest BCUT2D eigenvalue weighted by atomic mass is 79.9. The van der Waals surface area contributed by atoms with Crippen LogP contribution in [0.2, 0.25) is 0 Å². The zero-order valence-electron chi connectivity index (χ0n) is 16.6. The summed E-state index contributed by atoms with van der Waals surface area (Å²) in [7, 11) is 0. The van der Waals surface area contributed by atoms with Crippen LogP contribution in [-0.2, 0) is 10.2 Å². The maximum absolute atomic E-state index is 12.1. The molecule has 1 aliphatic rings. The van der Waals surface area contributed by atoms with Gasteiger partial charge in [0.2, 0.25) is 12.7 Å². The van der Waals surface area contributed by atoms with E-state index < -0.39 is 6.03 Å². The number of nitrogens with one attached hydrogen (secondary N) is 3. The summed E-state index contributed by atoms with van der Waals surface area (Å²) in [6.45, 7) is 6.44. The molecule has 3 amide bonds. The van der Waals surface area contributed by atoms with E-state index in [4.69, 9.17) is 9.47 Å². The third-order valence-corrected chi connectivity index (χ3v) is 5.21. The maximum Gasteiger partial charge on any atom is 0.315 e. The van der Waals surface area contributed by atoms with Gasteiger partial charge in [-0.3, -0.25) is 4.79 Å². The van der Waals surface area contributed by atoms with Gasteiger partial charge in [0.15, 0.2) is 11.5 Å². The Kier molecular flexibility index (Phi) is 6.32. The molecule has 0 fully saturated rings. The van der Waals surface area contributed by atoms with Gasteiger partial charge in [-0.1, -0.05) is 35.8 Å². The van der Waals surface area contributed by atoms with Crippen molar-refractivity contribution in [3.05, 3.63) is 52.0 Å². The molecule has 0 spiro atoms. The van der Waals surface area contributed by atoms with Gasteiger partial charge in [0, 0.05) is 22.1 Å². The van der Waals surface area contributed by atoms with E-state index in [0.717, 1.165) is 21.3 Å². The molecule has 3 N–H and O–H groups in total. The van der Waals surface area contributed by atoms with Crippen molar-refractivity contribution in [2.75, 3.05) is 25.2 Å². The summed E-state index contributed by atoms with van der Waals surface area (Å²) in [6, 6.07) is 10.9. The van der Waals surface area contributed by atoms with Crippen LogP contribution in [-0.4, -0.2) is 31.8 Å². The van der Waals surface area contributed by atoms with Gasteiger partial charge in [-0.15, -0.1) is 0 Å². The number of anilines is 1. The highest BCUT2D eigenvalue weighted by Crippen LogP contribution is 2.36. The first-order valence-electron chi connectivity index (χ1n) is 9.22. The molecule has 0 atom stereocenters. The highest BCUT2D eigenvalue weighted by molar-refractivity contribution is 9.10. The van der Waals surface area contributed by atoms with Crippen molar-refractivity contribution in [1.29, 1.82) is 0 Å². The molecule has 1 heterocycles. The normalized spacial score (nSPS) is 12.4. The standard InChI is InChI=1S/C21H24BrN3O4/c1-13-8-15(22)5-6-16(13)25-19(26)10-23-20(27)24-11-21(2,3)14-4-7-17-18(9-14)29-12-28-17/h4-9H,10-12H2,1-3H3,(H,25,26)(H2,23,24,27). The van der Waals surface area contributed by atoms with Crippen LogP contribution in [0.1, 0.15) is 25.0 Å². The fourth-order valence-corrected chi connectivity index (χ4v) is 3.38. The van der Waals surface area contributed by atoms with Crippen LogP contribution >= 0.6 is 15.9 Å². The zero-order valence-corrected chi connectivity index (χ0v) is 18.2. The van der Waals surface area contributed by atoms with E-state index in [1.165, 1.54) is 0 Å². The Labute approximate surface area is 178 Å². The second kappa shape index (κ2) is 8.73. The van der Waals surface area contributed by atoms with Crippen LogP contribution in [0.3, 0.4) is 0 Å². The van der Waals surface area contributed by atoms with Gasteiger partial charge in [0.1, 0.15) is 0 Å². The average Bonchev–Trinajstić information content (AvgIpc) is 3.15. The molecule has 2 aromatic carbocycles. The topological polar surface area (TPSA) is 88.7 Å². The van der Waals surface area contributed by atoms with Gasteiger partial charge in [-0.2, -0.15) is 0 Å². The van der Waals surface area contributed by atoms with Gasteiger partial charge >= 0.3 is 6.03 Å². The number of benzene rings is 2. The molecule has 2 aromatic rings. The summed E-state index contributed by atoms with van der Waals surface area (Å²) in [5.41, 5.74) is 2.34. The number of aryl methyl sites for hydroxylation is 1.